The van der Waals surface area contributed by atoms with Crippen molar-refractivity contribution in [2.24, 2.45) is 5.73 Å². The number of likely N-dealkylation sites (tertiary alicyclic amines) is 1. The molecule has 10 heteroatoms. The second-order valence-corrected chi connectivity index (χ2v) is 7.43. The molecular formula is C20H20N8O2. The van der Waals surface area contributed by atoms with Crippen LogP contribution in [0, 0.1) is 0 Å². The van der Waals surface area contributed by atoms with Crippen molar-refractivity contribution in [1.29, 1.82) is 0 Å². The minimum Gasteiger partial charge on any atom is -0.344 e. The number of hydrogen-bond donors (Lipinski definition) is 3. The Morgan fingerprint density at radius 3 is 2.90 bits per heavy atom. The van der Waals surface area contributed by atoms with Gasteiger partial charge in [0.2, 0.25) is 5.91 Å². The third kappa shape index (κ3) is 2.98. The van der Waals surface area contributed by atoms with Crippen LogP contribution in [0.2, 0.25) is 0 Å². The SMILES string of the molecule is C[C@@H](NC(=O)c1c[nH]c2ncc(-c3cnc4ccccn34)nc12)C(=O)N1CC(N)C1. The molecule has 0 saturated carbocycles. The van der Waals surface area contributed by atoms with E-state index in [4.69, 9.17) is 5.73 Å². The molecular weight excluding hydrogens is 384 g/mol. The molecule has 0 radical (unpaired) electrons. The Morgan fingerprint density at radius 2 is 2.10 bits per heavy atom. The fourth-order valence-corrected chi connectivity index (χ4v) is 3.61. The summed E-state index contributed by atoms with van der Waals surface area (Å²) in [6, 6.07) is 5.06. The summed E-state index contributed by atoms with van der Waals surface area (Å²) in [5.41, 5.74) is 9.13. The van der Waals surface area contributed by atoms with Gasteiger partial charge in [-0.1, -0.05) is 6.07 Å². The molecule has 4 aromatic rings. The molecule has 152 valence electrons. The molecule has 30 heavy (non-hydrogen) atoms. The Hall–Kier alpha value is -3.79. The van der Waals surface area contributed by atoms with E-state index in [1.54, 1.807) is 30.4 Å². The van der Waals surface area contributed by atoms with Crippen LogP contribution in [0.4, 0.5) is 0 Å². The number of fused-ring (bicyclic) bond motifs is 2. The van der Waals surface area contributed by atoms with E-state index < -0.39 is 11.9 Å². The van der Waals surface area contributed by atoms with Crippen LogP contribution in [0.25, 0.3) is 28.2 Å². The molecule has 2 amide bonds. The van der Waals surface area contributed by atoms with Crippen molar-refractivity contribution in [3.05, 3.63) is 48.5 Å². The van der Waals surface area contributed by atoms with Gasteiger partial charge >= 0.3 is 0 Å². The molecule has 4 aromatic heterocycles. The second-order valence-electron chi connectivity index (χ2n) is 7.43. The number of imidazole rings is 1. The quantitative estimate of drug-likeness (QED) is 0.455. The lowest BCUT2D eigenvalue weighted by Gasteiger charge is -2.38. The zero-order valence-corrected chi connectivity index (χ0v) is 16.2. The monoisotopic (exact) mass is 404 g/mol. The van der Waals surface area contributed by atoms with Crippen LogP contribution < -0.4 is 11.1 Å². The molecule has 10 nitrogen and oxygen atoms in total. The lowest BCUT2D eigenvalue weighted by Crippen LogP contribution is -2.61. The summed E-state index contributed by atoms with van der Waals surface area (Å²) in [6.45, 7) is 2.69. The fourth-order valence-electron chi connectivity index (χ4n) is 3.61. The first-order chi connectivity index (χ1) is 14.5. The fraction of sp³-hybridized carbons (Fsp3) is 0.250. The summed E-state index contributed by atoms with van der Waals surface area (Å²) in [5.74, 6) is -0.543. The van der Waals surface area contributed by atoms with E-state index in [9.17, 15) is 9.59 Å². The molecule has 0 aliphatic carbocycles. The first-order valence-electron chi connectivity index (χ1n) is 9.63. The zero-order chi connectivity index (χ0) is 20.8. The number of hydrogen-bond acceptors (Lipinski definition) is 6. The molecule has 0 unspecified atom stereocenters. The lowest BCUT2D eigenvalue weighted by molar-refractivity contribution is -0.137. The van der Waals surface area contributed by atoms with Gasteiger partial charge in [-0.05, 0) is 19.1 Å². The van der Waals surface area contributed by atoms with Gasteiger partial charge in [0, 0.05) is 31.5 Å². The summed E-state index contributed by atoms with van der Waals surface area (Å²) in [7, 11) is 0. The molecule has 5 heterocycles. The van der Waals surface area contributed by atoms with Crippen molar-refractivity contribution < 1.29 is 9.59 Å². The molecule has 0 bridgehead atoms. The zero-order valence-electron chi connectivity index (χ0n) is 16.2. The minimum atomic E-state index is -0.662. The summed E-state index contributed by atoms with van der Waals surface area (Å²) in [4.78, 5) is 43.2. The Morgan fingerprint density at radius 1 is 1.27 bits per heavy atom. The number of aromatic amines is 1. The van der Waals surface area contributed by atoms with Gasteiger partial charge in [-0.15, -0.1) is 0 Å². The van der Waals surface area contributed by atoms with E-state index in [2.05, 4.69) is 25.3 Å². The van der Waals surface area contributed by atoms with E-state index in [1.165, 1.54) is 0 Å². The maximum Gasteiger partial charge on any atom is 0.255 e. The number of nitrogens with one attached hydrogen (secondary N) is 2. The highest BCUT2D eigenvalue weighted by molar-refractivity contribution is 6.06. The van der Waals surface area contributed by atoms with Crippen molar-refractivity contribution in [3.63, 3.8) is 0 Å². The Labute approximate surface area is 171 Å². The van der Waals surface area contributed by atoms with Gasteiger partial charge in [0.1, 0.15) is 22.9 Å². The van der Waals surface area contributed by atoms with Crippen molar-refractivity contribution in [2.45, 2.75) is 19.0 Å². The largest absolute Gasteiger partial charge is 0.344 e. The van der Waals surface area contributed by atoms with Crippen LogP contribution in [0.15, 0.2) is 43.0 Å². The topological polar surface area (TPSA) is 134 Å². The van der Waals surface area contributed by atoms with E-state index in [-0.39, 0.29) is 11.9 Å². The highest BCUT2D eigenvalue weighted by Crippen LogP contribution is 2.22. The number of carbonyl (C=O) groups excluding carboxylic acids is 2. The molecule has 1 fully saturated rings. The van der Waals surface area contributed by atoms with Crippen molar-refractivity contribution in [1.82, 2.24) is 34.6 Å². The molecule has 0 spiro atoms. The molecule has 5 rings (SSSR count). The van der Waals surface area contributed by atoms with Gasteiger partial charge in [0.15, 0.2) is 5.65 Å². The first-order valence-corrected chi connectivity index (χ1v) is 9.63. The molecule has 1 aliphatic rings. The maximum atomic E-state index is 12.8. The van der Waals surface area contributed by atoms with Gasteiger partial charge in [-0.25, -0.2) is 15.0 Å². The van der Waals surface area contributed by atoms with E-state index in [0.717, 1.165) is 11.3 Å². The van der Waals surface area contributed by atoms with Gasteiger partial charge in [-0.3, -0.25) is 14.0 Å². The van der Waals surface area contributed by atoms with Crippen LogP contribution in [-0.4, -0.2) is 66.2 Å². The van der Waals surface area contributed by atoms with E-state index in [1.807, 2.05) is 28.8 Å². The van der Waals surface area contributed by atoms with Gasteiger partial charge < -0.3 is 20.9 Å². The second kappa shape index (κ2) is 6.92. The summed E-state index contributed by atoms with van der Waals surface area (Å²) in [5, 5.41) is 2.75. The van der Waals surface area contributed by atoms with Crippen LogP contribution >= 0.6 is 0 Å². The summed E-state index contributed by atoms with van der Waals surface area (Å²) < 4.78 is 1.90. The third-order valence-electron chi connectivity index (χ3n) is 5.24. The molecule has 1 aliphatic heterocycles. The number of rotatable bonds is 4. The Kier molecular flexibility index (Phi) is 4.21. The normalized spacial score (nSPS) is 15.3. The minimum absolute atomic E-state index is 0.0128. The van der Waals surface area contributed by atoms with Crippen LogP contribution in [0.1, 0.15) is 17.3 Å². The first kappa shape index (κ1) is 18.3. The number of nitrogens with zero attached hydrogens (tertiary/aromatic N) is 5. The summed E-state index contributed by atoms with van der Waals surface area (Å²) in [6.07, 6.45) is 6.80. The number of amides is 2. The number of nitrogens with two attached hydrogens (primary N) is 1. The summed E-state index contributed by atoms with van der Waals surface area (Å²) >= 11 is 0. The molecule has 0 aromatic carbocycles. The van der Waals surface area contributed by atoms with Crippen LogP contribution in [0.3, 0.4) is 0 Å². The van der Waals surface area contributed by atoms with Crippen LogP contribution in [0.5, 0.6) is 0 Å². The predicted octanol–water partition coefficient (Wildman–Crippen LogP) is 0.560. The number of pyridine rings is 1. The highest BCUT2D eigenvalue weighted by atomic mass is 16.2. The van der Waals surface area contributed by atoms with E-state index in [0.29, 0.717) is 35.5 Å². The van der Waals surface area contributed by atoms with Gasteiger partial charge in [0.25, 0.3) is 5.91 Å². The van der Waals surface area contributed by atoms with Gasteiger partial charge in [-0.2, -0.15) is 0 Å². The Bertz CT molecular complexity index is 1270. The lowest BCUT2D eigenvalue weighted by atomic mass is 10.1. The maximum absolute atomic E-state index is 12.8. The number of carbonyl (C=O) groups is 2. The van der Waals surface area contributed by atoms with Crippen molar-refractivity contribution in [2.75, 3.05) is 13.1 Å². The average Bonchev–Trinajstić information content (AvgIpc) is 3.34. The van der Waals surface area contributed by atoms with Crippen LogP contribution in [-0.2, 0) is 4.79 Å². The number of aromatic nitrogens is 5. The highest BCUT2D eigenvalue weighted by Gasteiger charge is 2.31. The molecule has 1 saturated heterocycles. The standard InChI is InChI=1S/C20H20N8O2/c1-11(20(30)27-9-12(21)10-27)25-19(29)13-6-23-18-17(13)26-14(7-24-18)15-8-22-16-4-2-3-5-28(15)16/h2-8,11-12H,9-10,21H2,1H3,(H,23,24)(H,25,29)/t11-/m1/s1. The predicted molar refractivity (Wildman–Crippen MR) is 110 cm³/mol. The van der Waals surface area contributed by atoms with Crippen molar-refractivity contribution >= 4 is 28.6 Å². The van der Waals surface area contributed by atoms with Crippen molar-refractivity contribution in [3.8, 4) is 11.4 Å². The smallest absolute Gasteiger partial charge is 0.255 e. The molecule has 1 atom stereocenters. The van der Waals surface area contributed by atoms with E-state index >= 15 is 0 Å². The third-order valence-corrected chi connectivity index (χ3v) is 5.24. The number of H-pyrrole nitrogens is 1. The average molecular weight is 404 g/mol. The Balaban J connectivity index is 1.43. The molecule has 4 N–H and O–H groups in total. The van der Waals surface area contributed by atoms with Gasteiger partial charge in [0.05, 0.1) is 23.7 Å².